The first-order chi connectivity index (χ1) is 11.2. The molecule has 0 aromatic carbocycles. The molecule has 1 aliphatic heterocycles. The minimum absolute atomic E-state index is 0.0173. The van der Waals surface area contributed by atoms with Gasteiger partial charge in [-0.1, -0.05) is 15.9 Å². The Hall–Kier alpha value is 0.0749. The zero-order valence-electron chi connectivity index (χ0n) is 12.7. The van der Waals surface area contributed by atoms with Gasteiger partial charge >= 0.3 is 8.81 Å². The van der Waals surface area contributed by atoms with Crippen molar-refractivity contribution in [1.29, 1.82) is 0 Å². The van der Waals surface area contributed by atoms with Crippen LogP contribution in [0.5, 0.6) is 0 Å². The highest BCUT2D eigenvalue weighted by molar-refractivity contribution is 9.69. The fraction of sp³-hybridized carbons (Fsp3) is 0.500. The Morgan fingerprint density at radius 3 is 2.38 bits per heavy atom. The molecule has 3 rings (SSSR count). The van der Waals surface area contributed by atoms with E-state index in [1.54, 1.807) is 0 Å². The number of alkyl halides is 1. The van der Waals surface area contributed by atoms with Gasteiger partial charge in [0.15, 0.2) is 0 Å². The van der Waals surface area contributed by atoms with Crippen LogP contribution < -0.4 is 5.63 Å². The molecule has 1 aromatic heterocycles. The molecule has 1 saturated carbocycles. The average Bonchev–Trinajstić information content (AvgIpc) is 3.25. The number of imide groups is 1. The molecule has 0 N–H and O–H groups in total. The normalized spacial score (nSPS) is 17.8. The number of carbonyl (C=O) groups excluding carboxylic acids is 2. The number of nitrogens with zero attached hydrogens (tertiary/aromatic N) is 1. The summed E-state index contributed by atoms with van der Waals surface area (Å²) in [5.74, 6) is 0.0102. The van der Waals surface area contributed by atoms with E-state index in [1.807, 2.05) is 6.92 Å². The van der Waals surface area contributed by atoms with Crippen LogP contribution >= 0.6 is 63.2 Å². The third-order valence-electron chi connectivity index (χ3n) is 3.70. The van der Waals surface area contributed by atoms with Crippen LogP contribution in [0.25, 0.3) is 0 Å². The minimum atomic E-state index is -0.527. The summed E-state index contributed by atoms with van der Waals surface area (Å²) < 4.78 is 5.33. The van der Waals surface area contributed by atoms with E-state index >= 15 is 0 Å². The molecule has 10 heteroatoms. The van der Waals surface area contributed by atoms with E-state index in [0.717, 1.165) is 12.8 Å². The first kappa shape index (κ1) is 20.4. The summed E-state index contributed by atoms with van der Waals surface area (Å²) in [4.78, 5) is 37.3. The van der Waals surface area contributed by atoms with Gasteiger partial charge in [0.1, 0.15) is 5.76 Å². The van der Waals surface area contributed by atoms with Crippen molar-refractivity contribution in [2.75, 3.05) is 6.54 Å². The van der Waals surface area contributed by atoms with Crippen LogP contribution in [-0.4, -0.2) is 26.4 Å². The van der Waals surface area contributed by atoms with Crippen LogP contribution in [-0.2, 0) is 11.2 Å². The minimum Gasteiger partial charge on any atom is -0.426 e. The molecule has 1 aliphatic carbocycles. The average molecular weight is 591 g/mol. The second-order valence-corrected chi connectivity index (χ2v) is 13.4. The van der Waals surface area contributed by atoms with Crippen LogP contribution in [0.3, 0.4) is 0 Å². The molecule has 1 unspecified atom stereocenters. The predicted octanol–water partition coefficient (Wildman–Crippen LogP) is 4.19. The maximum absolute atomic E-state index is 12.5. The zero-order chi connectivity index (χ0) is 18.0. The highest BCUT2D eigenvalue weighted by Gasteiger charge is 2.38. The molecule has 1 fully saturated rings. The highest BCUT2D eigenvalue weighted by Crippen LogP contribution is 2.34. The maximum Gasteiger partial charge on any atom is 0.369 e. The number of fused-ring (bicyclic) bond motifs is 1. The van der Waals surface area contributed by atoms with Crippen LogP contribution in [0, 0.1) is 5.92 Å². The fourth-order valence-electron chi connectivity index (χ4n) is 2.47. The number of hydrogen-bond donors (Lipinski definition) is 0. The van der Waals surface area contributed by atoms with Gasteiger partial charge in [-0.3, -0.25) is 14.5 Å². The molecule has 0 radical (unpaired) electrons. The van der Waals surface area contributed by atoms with Crippen molar-refractivity contribution in [3.8, 4) is 0 Å². The smallest absolute Gasteiger partial charge is 0.369 e. The van der Waals surface area contributed by atoms with Gasteiger partial charge in [-0.15, -0.1) is 47.3 Å². The molecule has 1 aromatic rings. The van der Waals surface area contributed by atoms with Gasteiger partial charge in [0.2, 0.25) is 5.91 Å². The first-order valence-electron chi connectivity index (χ1n) is 7.28. The molecule has 0 saturated heterocycles. The quantitative estimate of drug-likeness (QED) is 0.301. The molecule has 24 heavy (non-hydrogen) atoms. The third-order valence-corrected chi connectivity index (χ3v) is 4.20. The van der Waals surface area contributed by atoms with Crippen molar-refractivity contribution >= 4 is 78.2 Å². The molecule has 5 nitrogen and oxygen atoms in total. The van der Waals surface area contributed by atoms with Gasteiger partial charge in [-0.25, -0.2) is 4.79 Å². The number of rotatable bonds is 3. The number of hydrogen-bond acceptors (Lipinski definition) is 4. The predicted molar refractivity (Wildman–Crippen MR) is 107 cm³/mol. The fourth-order valence-corrected chi connectivity index (χ4v) is 2.83. The van der Waals surface area contributed by atoms with Crippen molar-refractivity contribution in [2.24, 2.45) is 5.92 Å². The summed E-state index contributed by atoms with van der Waals surface area (Å²) in [7, 11) is 0. The summed E-state index contributed by atoms with van der Waals surface area (Å²) in [5.41, 5.74) is 0.435. The second-order valence-electron chi connectivity index (χ2n) is 5.61. The van der Waals surface area contributed by atoms with Crippen molar-refractivity contribution in [2.45, 2.75) is 31.0 Å². The third kappa shape index (κ3) is 5.28. The molecular weight excluding hydrogens is 577 g/mol. The molecular formula is C14H14BBr4NO4. The summed E-state index contributed by atoms with van der Waals surface area (Å²) in [6, 6.07) is 1.32. The second kappa shape index (κ2) is 8.64. The van der Waals surface area contributed by atoms with Gasteiger partial charge in [0.05, 0.1) is 12.0 Å². The Bertz CT molecular complexity index is 700. The van der Waals surface area contributed by atoms with Gasteiger partial charge in [-0.05, 0) is 31.2 Å². The van der Waals surface area contributed by atoms with E-state index in [0.29, 0.717) is 23.6 Å². The standard InChI is InChI=1S/C14H14BrNO4.BBr3/c1-7(15)9-4-12(18)20-10-5-11(17)16(6-8-2-3-8)14(19)13(9)10;2-1(3)4/h4,7-8H,2-3,5-6H2,1H3;. The highest BCUT2D eigenvalue weighted by atomic mass is 79.9. The van der Waals surface area contributed by atoms with Gasteiger partial charge < -0.3 is 4.42 Å². The van der Waals surface area contributed by atoms with E-state index in [1.165, 1.54) is 11.0 Å². The van der Waals surface area contributed by atoms with Gasteiger partial charge in [-0.2, -0.15) is 0 Å². The summed E-state index contributed by atoms with van der Waals surface area (Å²) in [6.45, 7) is 2.32. The number of carbonyl (C=O) groups is 2. The SMILES string of the molecule is BrB(Br)Br.CC(Br)c1cc(=O)oc2c1C(=O)N(CC1CC1)C(=O)C2. The Morgan fingerprint density at radius 1 is 1.29 bits per heavy atom. The lowest BCUT2D eigenvalue weighted by atomic mass is 9.98. The molecule has 130 valence electrons. The van der Waals surface area contributed by atoms with Crippen LogP contribution in [0.15, 0.2) is 15.3 Å². The van der Waals surface area contributed by atoms with Crippen LogP contribution in [0.1, 0.15) is 46.3 Å². The van der Waals surface area contributed by atoms with E-state index in [9.17, 15) is 14.4 Å². The van der Waals surface area contributed by atoms with Crippen LogP contribution in [0.4, 0.5) is 0 Å². The molecule has 0 bridgehead atoms. The van der Waals surface area contributed by atoms with Gasteiger partial charge in [0.25, 0.3) is 5.91 Å². The van der Waals surface area contributed by atoms with E-state index in [2.05, 4.69) is 63.2 Å². The lowest BCUT2D eigenvalue weighted by molar-refractivity contribution is -0.129. The zero-order valence-corrected chi connectivity index (χ0v) is 19.1. The topological polar surface area (TPSA) is 67.6 Å². The van der Waals surface area contributed by atoms with Crippen molar-refractivity contribution in [3.63, 3.8) is 0 Å². The molecule has 0 spiro atoms. The van der Waals surface area contributed by atoms with E-state index < -0.39 is 5.63 Å². The Kier molecular flexibility index (Phi) is 7.34. The molecule has 2 amide bonds. The lowest BCUT2D eigenvalue weighted by Crippen LogP contribution is -2.44. The number of amides is 2. The Balaban J connectivity index is 0.000000471. The molecule has 2 heterocycles. The van der Waals surface area contributed by atoms with Crippen molar-refractivity contribution in [1.82, 2.24) is 4.90 Å². The van der Waals surface area contributed by atoms with E-state index in [4.69, 9.17) is 4.42 Å². The molecule has 1 atom stereocenters. The largest absolute Gasteiger partial charge is 0.426 e. The Morgan fingerprint density at radius 2 is 1.88 bits per heavy atom. The van der Waals surface area contributed by atoms with Gasteiger partial charge in [0, 0.05) is 17.4 Å². The van der Waals surface area contributed by atoms with Crippen molar-refractivity contribution in [3.05, 3.63) is 33.4 Å². The van der Waals surface area contributed by atoms with E-state index in [-0.39, 0.29) is 32.0 Å². The summed E-state index contributed by atoms with van der Waals surface area (Å²) in [5, 5.41) is 0. The Labute approximate surface area is 173 Å². The maximum atomic E-state index is 12.5. The summed E-state index contributed by atoms with van der Waals surface area (Å²) >= 11 is 12.7. The lowest BCUT2D eigenvalue weighted by Gasteiger charge is -2.27. The van der Waals surface area contributed by atoms with Crippen LogP contribution in [0.2, 0.25) is 0 Å². The first-order valence-corrected chi connectivity index (χ1v) is 10.9. The molecule has 2 aliphatic rings. The number of halogens is 4. The monoisotopic (exact) mass is 587 g/mol. The van der Waals surface area contributed by atoms with Crippen molar-refractivity contribution < 1.29 is 14.0 Å². The summed E-state index contributed by atoms with van der Waals surface area (Å²) in [6.07, 6.45) is 2.11.